The molecule has 0 spiro atoms. The number of likely N-dealkylation sites (tertiary alicyclic amines) is 1. The van der Waals surface area contributed by atoms with Crippen molar-refractivity contribution in [2.45, 2.75) is 45.4 Å². The van der Waals surface area contributed by atoms with Crippen molar-refractivity contribution in [3.8, 4) is 0 Å². The maximum atomic E-state index is 12.0. The number of piperidine rings is 1. The van der Waals surface area contributed by atoms with Gasteiger partial charge in [0.1, 0.15) is 0 Å². The summed E-state index contributed by atoms with van der Waals surface area (Å²) in [5.74, 6) is 0.562. The lowest BCUT2D eigenvalue weighted by Gasteiger charge is -2.36. The van der Waals surface area contributed by atoms with E-state index in [0.29, 0.717) is 19.1 Å². The minimum Gasteiger partial charge on any atom is -1.00 e. The van der Waals surface area contributed by atoms with Crippen molar-refractivity contribution in [3.63, 3.8) is 0 Å². The first-order valence-electron chi connectivity index (χ1n) is 9.10. The third-order valence-electron chi connectivity index (χ3n) is 5.05. The fraction of sp³-hybridized carbons (Fsp3) is 0.650. The third-order valence-corrected chi connectivity index (χ3v) is 5.05. The lowest BCUT2D eigenvalue weighted by Crippen LogP contribution is -3.00. The summed E-state index contributed by atoms with van der Waals surface area (Å²) in [4.78, 5) is 12.0. The zero-order chi connectivity index (χ0) is 16.5. The average Bonchev–Trinajstić information content (AvgIpc) is 2.54. The van der Waals surface area contributed by atoms with Gasteiger partial charge in [-0.05, 0) is 50.0 Å². The van der Waals surface area contributed by atoms with Crippen molar-refractivity contribution < 1.29 is 38.0 Å². The van der Waals surface area contributed by atoms with E-state index < -0.39 is 0 Å². The highest BCUT2D eigenvalue weighted by Crippen LogP contribution is 2.16. The van der Waals surface area contributed by atoms with E-state index in [1.54, 1.807) is 0 Å². The number of carbonyl (C=O) groups is 1. The first-order chi connectivity index (χ1) is 11.1. The highest BCUT2D eigenvalue weighted by atomic mass is 127. The number of esters is 1. The SMILES string of the molecule is CC(CCOC(=O)C[N+]1(C)CCCCC1)CCc1ccccc1.[I-]. The van der Waals surface area contributed by atoms with Gasteiger partial charge in [0, 0.05) is 0 Å². The molecule has 0 N–H and O–H groups in total. The van der Waals surface area contributed by atoms with E-state index in [1.807, 2.05) is 0 Å². The van der Waals surface area contributed by atoms with Crippen LogP contribution < -0.4 is 24.0 Å². The highest BCUT2D eigenvalue weighted by molar-refractivity contribution is 5.70. The molecule has 1 saturated heterocycles. The molecule has 24 heavy (non-hydrogen) atoms. The largest absolute Gasteiger partial charge is 1.00 e. The Kier molecular flexibility index (Phi) is 9.89. The molecular weight excluding hydrogens is 413 g/mol. The molecule has 1 aliphatic heterocycles. The van der Waals surface area contributed by atoms with Gasteiger partial charge in [-0.3, -0.25) is 0 Å². The van der Waals surface area contributed by atoms with E-state index in [1.165, 1.54) is 24.8 Å². The van der Waals surface area contributed by atoms with Gasteiger partial charge < -0.3 is 33.2 Å². The predicted molar refractivity (Wildman–Crippen MR) is 94.1 cm³/mol. The van der Waals surface area contributed by atoms with Crippen LogP contribution in [0.4, 0.5) is 0 Å². The molecule has 1 aliphatic rings. The number of benzene rings is 1. The molecule has 136 valence electrons. The number of rotatable bonds is 8. The van der Waals surface area contributed by atoms with Crippen molar-refractivity contribution in [2.24, 2.45) is 5.92 Å². The van der Waals surface area contributed by atoms with Gasteiger partial charge in [-0.1, -0.05) is 37.3 Å². The summed E-state index contributed by atoms with van der Waals surface area (Å²) in [5, 5.41) is 0. The van der Waals surface area contributed by atoms with Crippen LogP contribution in [-0.4, -0.2) is 43.7 Å². The number of quaternary nitrogens is 1. The monoisotopic (exact) mass is 445 g/mol. The molecule has 0 amide bonds. The minimum absolute atomic E-state index is 0. The summed E-state index contributed by atoms with van der Waals surface area (Å²) in [6, 6.07) is 10.6. The summed E-state index contributed by atoms with van der Waals surface area (Å²) in [5.41, 5.74) is 1.39. The molecule has 3 nitrogen and oxygen atoms in total. The Balaban J connectivity index is 0.00000288. The Labute approximate surface area is 164 Å². The fourth-order valence-corrected chi connectivity index (χ4v) is 3.37. The van der Waals surface area contributed by atoms with Gasteiger partial charge in [-0.15, -0.1) is 0 Å². The van der Waals surface area contributed by atoms with Gasteiger partial charge in [-0.25, -0.2) is 4.79 Å². The smallest absolute Gasteiger partial charge is 0.361 e. The topological polar surface area (TPSA) is 26.3 Å². The number of ether oxygens (including phenoxy) is 1. The second-order valence-corrected chi connectivity index (χ2v) is 7.42. The van der Waals surface area contributed by atoms with E-state index in [9.17, 15) is 4.79 Å². The van der Waals surface area contributed by atoms with Crippen molar-refractivity contribution in [3.05, 3.63) is 35.9 Å². The zero-order valence-corrected chi connectivity index (χ0v) is 17.3. The van der Waals surface area contributed by atoms with Crippen LogP contribution in [0, 0.1) is 5.92 Å². The van der Waals surface area contributed by atoms with Gasteiger partial charge in [0.2, 0.25) is 0 Å². The maximum absolute atomic E-state index is 12.0. The van der Waals surface area contributed by atoms with Gasteiger partial charge in [-0.2, -0.15) is 0 Å². The second-order valence-electron chi connectivity index (χ2n) is 7.42. The predicted octanol–water partition coefficient (Wildman–Crippen LogP) is 0.823. The van der Waals surface area contributed by atoms with Gasteiger partial charge >= 0.3 is 5.97 Å². The molecule has 4 heteroatoms. The molecular formula is C20H32INO2. The van der Waals surface area contributed by atoms with Gasteiger partial charge in [0.05, 0.1) is 26.7 Å². The van der Waals surface area contributed by atoms with E-state index in [-0.39, 0.29) is 29.9 Å². The number of nitrogens with zero attached hydrogens (tertiary/aromatic N) is 1. The van der Waals surface area contributed by atoms with Crippen LogP contribution >= 0.6 is 0 Å². The lowest BCUT2D eigenvalue weighted by molar-refractivity contribution is -0.907. The molecule has 1 heterocycles. The molecule has 0 saturated carbocycles. The summed E-state index contributed by atoms with van der Waals surface area (Å²) in [6.07, 6.45) is 6.99. The zero-order valence-electron chi connectivity index (χ0n) is 15.2. The van der Waals surface area contributed by atoms with Crippen molar-refractivity contribution in [1.29, 1.82) is 0 Å². The van der Waals surface area contributed by atoms with Crippen LogP contribution in [0.2, 0.25) is 0 Å². The maximum Gasteiger partial charge on any atom is 0.361 e. The molecule has 1 unspecified atom stereocenters. The number of likely N-dealkylation sites (N-methyl/N-ethyl adjacent to an activating group) is 1. The number of carbonyl (C=O) groups excluding carboxylic acids is 1. The highest BCUT2D eigenvalue weighted by Gasteiger charge is 2.28. The van der Waals surface area contributed by atoms with E-state index in [2.05, 4.69) is 44.3 Å². The second kappa shape index (κ2) is 11.1. The normalized spacial score (nSPS) is 17.6. The summed E-state index contributed by atoms with van der Waals surface area (Å²) in [7, 11) is 2.18. The van der Waals surface area contributed by atoms with E-state index >= 15 is 0 Å². The molecule has 2 rings (SSSR count). The first kappa shape index (κ1) is 21.4. The molecule has 0 bridgehead atoms. The van der Waals surface area contributed by atoms with Crippen LogP contribution in [0.1, 0.15) is 44.6 Å². The number of hydrogen-bond acceptors (Lipinski definition) is 2. The Hall–Kier alpha value is -0.620. The average molecular weight is 445 g/mol. The fourth-order valence-electron chi connectivity index (χ4n) is 3.37. The van der Waals surface area contributed by atoms with Crippen LogP contribution in [0.3, 0.4) is 0 Å². The standard InChI is InChI=1S/C20H32NO2.HI/c1-18(11-12-19-9-5-3-6-10-19)13-16-23-20(22)17-21(2)14-7-4-8-15-21;/h3,5-6,9-10,18H,4,7-8,11-17H2,1-2H3;1H/q+1;/p-1. The number of aryl methyl sites for hydroxylation is 1. The third kappa shape index (κ3) is 7.97. The Morgan fingerprint density at radius 1 is 1.12 bits per heavy atom. The number of halogens is 1. The molecule has 1 aromatic rings. The van der Waals surface area contributed by atoms with Gasteiger partial charge in [0.15, 0.2) is 6.54 Å². The summed E-state index contributed by atoms with van der Waals surface area (Å²) in [6.45, 7) is 5.58. The van der Waals surface area contributed by atoms with Crippen LogP contribution in [0.5, 0.6) is 0 Å². The molecule has 0 aromatic heterocycles. The first-order valence-corrected chi connectivity index (χ1v) is 9.10. The summed E-state index contributed by atoms with van der Waals surface area (Å²) >= 11 is 0. The molecule has 1 atom stereocenters. The van der Waals surface area contributed by atoms with Crippen molar-refractivity contribution in [1.82, 2.24) is 0 Å². The Morgan fingerprint density at radius 2 is 1.79 bits per heavy atom. The van der Waals surface area contributed by atoms with E-state index in [0.717, 1.165) is 36.8 Å². The molecule has 0 aliphatic carbocycles. The van der Waals surface area contributed by atoms with E-state index in [4.69, 9.17) is 4.74 Å². The molecule has 1 aromatic carbocycles. The summed E-state index contributed by atoms with van der Waals surface area (Å²) < 4.78 is 6.34. The quantitative estimate of drug-likeness (QED) is 0.337. The lowest BCUT2D eigenvalue weighted by atomic mass is 9.99. The van der Waals surface area contributed by atoms with Crippen molar-refractivity contribution in [2.75, 3.05) is 33.3 Å². The Morgan fingerprint density at radius 3 is 2.46 bits per heavy atom. The van der Waals surface area contributed by atoms with Crippen molar-refractivity contribution >= 4 is 5.97 Å². The molecule has 1 fully saturated rings. The number of hydrogen-bond donors (Lipinski definition) is 0. The minimum atomic E-state index is -0.0235. The van der Waals surface area contributed by atoms with Crippen LogP contribution in [0.15, 0.2) is 30.3 Å². The van der Waals surface area contributed by atoms with Gasteiger partial charge in [0.25, 0.3) is 0 Å². The van der Waals surface area contributed by atoms with Crippen LogP contribution in [0.25, 0.3) is 0 Å². The molecule has 0 radical (unpaired) electrons. The Bertz CT molecular complexity index is 472. The van der Waals surface area contributed by atoms with Crippen LogP contribution in [-0.2, 0) is 16.0 Å².